The molecule has 1 aromatic carbocycles. The molecule has 1 heterocycles. The molecule has 0 aromatic heterocycles. The average molecular weight is 256 g/mol. The van der Waals surface area contributed by atoms with Crippen molar-refractivity contribution in [1.29, 1.82) is 0 Å². The molecule has 17 heavy (non-hydrogen) atoms. The van der Waals surface area contributed by atoms with E-state index in [4.69, 9.17) is 21.1 Å². The second kappa shape index (κ2) is 5.15. The van der Waals surface area contributed by atoms with Gasteiger partial charge in [0.15, 0.2) is 0 Å². The van der Waals surface area contributed by atoms with E-state index in [0.717, 1.165) is 42.1 Å². The summed E-state index contributed by atoms with van der Waals surface area (Å²) in [5.41, 5.74) is 2.07. The molecule has 0 radical (unpaired) electrons. The normalized spacial score (nSPS) is 19.4. The number of aryl methyl sites for hydroxylation is 1. The van der Waals surface area contributed by atoms with Crippen LogP contribution >= 0.6 is 11.6 Å². The first kappa shape index (κ1) is 12.5. The molecule has 3 nitrogen and oxygen atoms in total. The Labute approximate surface area is 107 Å². The first-order valence-corrected chi connectivity index (χ1v) is 6.18. The fourth-order valence-corrected chi connectivity index (χ4v) is 2.92. The van der Waals surface area contributed by atoms with Crippen LogP contribution in [0.15, 0.2) is 6.07 Å². The summed E-state index contributed by atoms with van der Waals surface area (Å²) in [4.78, 5) is 0. The number of ether oxygens (including phenoxy) is 2. The molecule has 1 aromatic rings. The van der Waals surface area contributed by atoms with Gasteiger partial charge in [-0.05, 0) is 31.5 Å². The van der Waals surface area contributed by atoms with Crippen LogP contribution in [0.25, 0.3) is 0 Å². The number of methoxy groups -OCH3 is 2. The van der Waals surface area contributed by atoms with E-state index in [1.54, 1.807) is 14.2 Å². The predicted molar refractivity (Wildman–Crippen MR) is 69.5 cm³/mol. The van der Waals surface area contributed by atoms with Gasteiger partial charge in [-0.15, -0.1) is 0 Å². The number of halogens is 1. The fourth-order valence-electron chi connectivity index (χ4n) is 2.44. The van der Waals surface area contributed by atoms with Gasteiger partial charge in [0.25, 0.3) is 0 Å². The second-order valence-electron chi connectivity index (χ2n) is 4.35. The third-order valence-corrected chi connectivity index (χ3v) is 3.67. The smallest absolute Gasteiger partial charge is 0.140 e. The topological polar surface area (TPSA) is 30.5 Å². The molecular weight excluding hydrogens is 238 g/mol. The summed E-state index contributed by atoms with van der Waals surface area (Å²) in [6.07, 6.45) is 1.09. The van der Waals surface area contributed by atoms with Crippen molar-refractivity contribution in [3.05, 3.63) is 22.2 Å². The van der Waals surface area contributed by atoms with Gasteiger partial charge in [0, 0.05) is 18.0 Å². The van der Waals surface area contributed by atoms with E-state index in [1.807, 2.05) is 13.0 Å². The Balaban J connectivity index is 2.53. The quantitative estimate of drug-likeness (QED) is 0.901. The summed E-state index contributed by atoms with van der Waals surface area (Å²) < 4.78 is 10.8. The van der Waals surface area contributed by atoms with Crippen LogP contribution in [0, 0.1) is 6.92 Å². The molecule has 0 saturated carbocycles. The average Bonchev–Trinajstić information content (AvgIpc) is 2.82. The van der Waals surface area contributed by atoms with Crippen molar-refractivity contribution in [1.82, 2.24) is 5.32 Å². The zero-order valence-corrected chi connectivity index (χ0v) is 11.2. The van der Waals surface area contributed by atoms with E-state index in [-0.39, 0.29) is 0 Å². The lowest BCUT2D eigenvalue weighted by atomic mass is 9.95. The molecule has 1 fully saturated rings. The second-order valence-corrected chi connectivity index (χ2v) is 4.72. The lowest BCUT2D eigenvalue weighted by Gasteiger charge is -2.19. The van der Waals surface area contributed by atoms with Gasteiger partial charge in [0.05, 0.1) is 19.2 Å². The molecule has 1 N–H and O–H groups in total. The maximum absolute atomic E-state index is 6.45. The third kappa shape index (κ3) is 2.22. The molecule has 2 rings (SSSR count). The highest BCUT2D eigenvalue weighted by molar-refractivity contribution is 6.33. The first-order chi connectivity index (χ1) is 8.19. The van der Waals surface area contributed by atoms with E-state index >= 15 is 0 Å². The van der Waals surface area contributed by atoms with E-state index in [0.29, 0.717) is 10.9 Å². The van der Waals surface area contributed by atoms with Crippen LogP contribution in [-0.4, -0.2) is 27.3 Å². The number of hydrogen-bond acceptors (Lipinski definition) is 3. The van der Waals surface area contributed by atoms with Crippen LogP contribution in [0.2, 0.25) is 5.02 Å². The standard InChI is InChI=1S/C13H18ClNO2/c1-8-6-10(16-2)11(9-4-5-15-7-9)12(14)13(8)17-3/h6,9,15H,4-5,7H2,1-3H3. The number of nitrogens with one attached hydrogen (secondary N) is 1. The lowest BCUT2D eigenvalue weighted by molar-refractivity contribution is 0.394. The Morgan fingerprint density at radius 1 is 1.35 bits per heavy atom. The van der Waals surface area contributed by atoms with Crippen LogP contribution in [0.1, 0.15) is 23.5 Å². The lowest BCUT2D eigenvalue weighted by Crippen LogP contribution is -2.09. The molecule has 0 spiro atoms. The Morgan fingerprint density at radius 3 is 2.65 bits per heavy atom. The van der Waals surface area contributed by atoms with Crippen molar-refractivity contribution < 1.29 is 9.47 Å². The third-order valence-electron chi connectivity index (χ3n) is 3.30. The summed E-state index contributed by atoms with van der Waals surface area (Å²) in [6.45, 7) is 3.95. The molecule has 1 saturated heterocycles. The minimum Gasteiger partial charge on any atom is -0.496 e. The summed E-state index contributed by atoms with van der Waals surface area (Å²) in [5, 5.41) is 4.04. The Bertz CT molecular complexity index is 414. The minimum absolute atomic E-state index is 0.409. The van der Waals surface area contributed by atoms with Crippen LogP contribution in [-0.2, 0) is 0 Å². The Morgan fingerprint density at radius 2 is 2.12 bits per heavy atom. The predicted octanol–water partition coefficient (Wildman–Crippen LogP) is 2.74. The van der Waals surface area contributed by atoms with Crippen molar-refractivity contribution in [3.63, 3.8) is 0 Å². The Kier molecular flexibility index (Phi) is 3.79. The molecule has 0 amide bonds. The molecule has 94 valence electrons. The van der Waals surface area contributed by atoms with Gasteiger partial charge in [0.1, 0.15) is 11.5 Å². The highest BCUT2D eigenvalue weighted by Crippen LogP contribution is 2.43. The maximum atomic E-state index is 6.45. The van der Waals surface area contributed by atoms with Crippen molar-refractivity contribution in [2.75, 3.05) is 27.3 Å². The molecule has 0 bridgehead atoms. The molecule has 1 unspecified atom stereocenters. The molecular formula is C13H18ClNO2. The van der Waals surface area contributed by atoms with Crippen molar-refractivity contribution >= 4 is 11.6 Å². The van der Waals surface area contributed by atoms with E-state index < -0.39 is 0 Å². The van der Waals surface area contributed by atoms with Gasteiger partial charge in [-0.3, -0.25) is 0 Å². The highest BCUT2D eigenvalue weighted by Gasteiger charge is 2.26. The monoisotopic (exact) mass is 255 g/mol. The van der Waals surface area contributed by atoms with Gasteiger partial charge >= 0.3 is 0 Å². The van der Waals surface area contributed by atoms with Gasteiger partial charge < -0.3 is 14.8 Å². The first-order valence-electron chi connectivity index (χ1n) is 5.80. The summed E-state index contributed by atoms with van der Waals surface area (Å²) in [7, 11) is 3.33. The number of rotatable bonds is 3. The molecule has 0 aliphatic carbocycles. The zero-order chi connectivity index (χ0) is 12.4. The Hall–Kier alpha value is -0.930. The van der Waals surface area contributed by atoms with Crippen molar-refractivity contribution in [3.8, 4) is 11.5 Å². The van der Waals surface area contributed by atoms with Gasteiger partial charge in [0.2, 0.25) is 0 Å². The van der Waals surface area contributed by atoms with Crippen molar-refractivity contribution in [2.45, 2.75) is 19.3 Å². The maximum Gasteiger partial charge on any atom is 0.140 e. The molecule has 1 aliphatic rings. The fraction of sp³-hybridized carbons (Fsp3) is 0.538. The summed E-state index contributed by atoms with van der Waals surface area (Å²) in [5.74, 6) is 2.03. The van der Waals surface area contributed by atoms with Gasteiger partial charge in [-0.1, -0.05) is 11.6 Å². The van der Waals surface area contributed by atoms with Crippen LogP contribution in [0.4, 0.5) is 0 Å². The minimum atomic E-state index is 0.409. The van der Waals surface area contributed by atoms with E-state index in [9.17, 15) is 0 Å². The van der Waals surface area contributed by atoms with Crippen LogP contribution < -0.4 is 14.8 Å². The number of hydrogen-bond donors (Lipinski definition) is 1. The summed E-state index contributed by atoms with van der Waals surface area (Å²) in [6, 6.07) is 2.00. The number of benzene rings is 1. The summed E-state index contributed by atoms with van der Waals surface area (Å²) >= 11 is 6.45. The molecule has 1 aliphatic heterocycles. The largest absolute Gasteiger partial charge is 0.496 e. The zero-order valence-electron chi connectivity index (χ0n) is 10.5. The van der Waals surface area contributed by atoms with Gasteiger partial charge in [-0.2, -0.15) is 0 Å². The van der Waals surface area contributed by atoms with Crippen LogP contribution in [0.3, 0.4) is 0 Å². The van der Waals surface area contributed by atoms with E-state index in [2.05, 4.69) is 5.32 Å². The SMILES string of the molecule is COc1cc(C)c(OC)c(Cl)c1C1CCNC1. The molecule has 4 heteroatoms. The molecule has 1 atom stereocenters. The van der Waals surface area contributed by atoms with Crippen LogP contribution in [0.5, 0.6) is 11.5 Å². The highest BCUT2D eigenvalue weighted by atomic mass is 35.5. The van der Waals surface area contributed by atoms with E-state index in [1.165, 1.54) is 0 Å². The van der Waals surface area contributed by atoms with Gasteiger partial charge in [-0.25, -0.2) is 0 Å². The van der Waals surface area contributed by atoms with Crippen molar-refractivity contribution in [2.24, 2.45) is 0 Å².